The number of hydrogen-bond acceptors (Lipinski definition) is 4. The van der Waals surface area contributed by atoms with Gasteiger partial charge in [-0.25, -0.2) is 9.37 Å². The van der Waals surface area contributed by atoms with Crippen LogP contribution in [0.15, 0.2) is 18.2 Å². The van der Waals surface area contributed by atoms with E-state index < -0.39 is 0 Å². The minimum absolute atomic E-state index is 0. The molecule has 0 amide bonds. The molecule has 0 bridgehead atoms. The predicted octanol–water partition coefficient (Wildman–Crippen LogP) is 2.76. The molecule has 6 heteroatoms. The quantitative estimate of drug-likeness (QED) is 0.885. The van der Waals surface area contributed by atoms with Crippen LogP contribution in [0.25, 0.3) is 10.2 Å². The van der Waals surface area contributed by atoms with E-state index in [1.54, 1.807) is 6.07 Å². The van der Waals surface area contributed by atoms with Gasteiger partial charge >= 0.3 is 0 Å². The van der Waals surface area contributed by atoms with Crippen molar-refractivity contribution in [3.8, 4) is 0 Å². The number of aromatic nitrogens is 1. The van der Waals surface area contributed by atoms with E-state index in [2.05, 4.69) is 10.3 Å². The van der Waals surface area contributed by atoms with Crippen molar-refractivity contribution in [3.05, 3.63) is 24.0 Å². The van der Waals surface area contributed by atoms with Gasteiger partial charge in [-0.3, -0.25) is 0 Å². The van der Waals surface area contributed by atoms with E-state index in [4.69, 9.17) is 5.73 Å². The number of thiazole rings is 1. The molecule has 1 aliphatic carbocycles. The fourth-order valence-electron chi connectivity index (χ4n) is 1.91. The monoisotopic (exact) mass is 273 g/mol. The molecule has 2 aromatic rings. The van der Waals surface area contributed by atoms with Crippen LogP contribution in [0.5, 0.6) is 0 Å². The van der Waals surface area contributed by atoms with Gasteiger partial charge in [-0.05, 0) is 31.0 Å². The Labute approximate surface area is 109 Å². The van der Waals surface area contributed by atoms with Crippen LogP contribution in [0.4, 0.5) is 9.52 Å². The second kappa shape index (κ2) is 4.76. The Balaban J connectivity index is 0.00000108. The third-order valence-corrected chi connectivity index (χ3v) is 3.80. The van der Waals surface area contributed by atoms with Gasteiger partial charge in [0.1, 0.15) is 5.82 Å². The molecule has 17 heavy (non-hydrogen) atoms. The lowest BCUT2D eigenvalue weighted by atomic mass is 9.88. The molecule has 1 saturated carbocycles. The zero-order valence-electron chi connectivity index (χ0n) is 9.02. The predicted molar refractivity (Wildman–Crippen MR) is 71.4 cm³/mol. The highest BCUT2D eigenvalue weighted by Gasteiger charge is 2.26. The largest absolute Gasteiger partial charge is 0.359 e. The number of rotatable bonds is 2. The van der Waals surface area contributed by atoms with E-state index in [0.29, 0.717) is 12.1 Å². The first-order valence-electron chi connectivity index (χ1n) is 5.29. The summed E-state index contributed by atoms with van der Waals surface area (Å²) in [7, 11) is 0. The second-order valence-electron chi connectivity index (χ2n) is 4.20. The fourth-order valence-corrected chi connectivity index (χ4v) is 2.88. The van der Waals surface area contributed by atoms with Gasteiger partial charge in [0.05, 0.1) is 10.2 Å². The van der Waals surface area contributed by atoms with E-state index in [0.717, 1.165) is 28.2 Å². The topological polar surface area (TPSA) is 50.9 Å². The first-order valence-corrected chi connectivity index (χ1v) is 6.10. The highest BCUT2D eigenvalue weighted by molar-refractivity contribution is 7.22. The maximum Gasteiger partial charge on any atom is 0.184 e. The molecule has 0 radical (unpaired) electrons. The molecule has 3 rings (SSSR count). The third-order valence-electron chi connectivity index (χ3n) is 2.85. The van der Waals surface area contributed by atoms with Crippen molar-refractivity contribution in [2.45, 2.75) is 24.9 Å². The van der Waals surface area contributed by atoms with Crippen LogP contribution in [0.1, 0.15) is 12.8 Å². The average molecular weight is 274 g/mol. The summed E-state index contributed by atoms with van der Waals surface area (Å²) in [5, 5.41) is 4.18. The van der Waals surface area contributed by atoms with Crippen LogP contribution in [0.2, 0.25) is 0 Å². The maximum atomic E-state index is 13.0. The lowest BCUT2D eigenvalue weighted by Gasteiger charge is -2.32. The van der Waals surface area contributed by atoms with Gasteiger partial charge < -0.3 is 11.1 Å². The van der Waals surface area contributed by atoms with Crippen molar-refractivity contribution < 1.29 is 4.39 Å². The first-order chi connectivity index (χ1) is 7.70. The molecule has 1 heterocycles. The number of benzene rings is 1. The zero-order valence-corrected chi connectivity index (χ0v) is 10.7. The van der Waals surface area contributed by atoms with Crippen LogP contribution >= 0.6 is 23.7 Å². The normalized spacial score (nSPS) is 22.9. The molecule has 1 fully saturated rings. The molecule has 1 aromatic heterocycles. The van der Waals surface area contributed by atoms with E-state index >= 15 is 0 Å². The number of hydrogen-bond donors (Lipinski definition) is 2. The Morgan fingerprint density at radius 2 is 2.18 bits per heavy atom. The van der Waals surface area contributed by atoms with E-state index in [1.807, 2.05) is 0 Å². The van der Waals surface area contributed by atoms with E-state index in [-0.39, 0.29) is 18.2 Å². The summed E-state index contributed by atoms with van der Waals surface area (Å²) in [6.07, 6.45) is 1.98. The summed E-state index contributed by atoms with van der Waals surface area (Å²) >= 11 is 1.49. The molecule has 1 aromatic carbocycles. The standard InChI is InChI=1S/C11H12FN3S.ClH/c12-6-1-2-9-10(3-6)16-11(15-9)14-8-4-7(13)5-8;/h1-3,7-8H,4-5,13H2,(H,14,15);1H/t7-,8-;. The summed E-state index contributed by atoms with van der Waals surface area (Å²) in [6, 6.07) is 5.42. The van der Waals surface area contributed by atoms with Crippen molar-refractivity contribution in [1.82, 2.24) is 4.98 Å². The summed E-state index contributed by atoms with van der Waals surface area (Å²) < 4.78 is 13.9. The third kappa shape index (κ3) is 2.51. The number of anilines is 1. The zero-order chi connectivity index (χ0) is 11.1. The minimum Gasteiger partial charge on any atom is -0.359 e. The number of fused-ring (bicyclic) bond motifs is 1. The van der Waals surface area contributed by atoms with E-state index in [1.165, 1.54) is 23.5 Å². The molecule has 3 N–H and O–H groups in total. The van der Waals surface area contributed by atoms with Gasteiger partial charge in [0, 0.05) is 12.1 Å². The van der Waals surface area contributed by atoms with Gasteiger partial charge in [0.2, 0.25) is 0 Å². The molecule has 0 unspecified atom stereocenters. The molecule has 0 atom stereocenters. The molecule has 0 aliphatic heterocycles. The van der Waals surface area contributed by atoms with Crippen LogP contribution in [0, 0.1) is 5.82 Å². The van der Waals surface area contributed by atoms with Crippen molar-refractivity contribution in [2.24, 2.45) is 5.73 Å². The molecule has 92 valence electrons. The Kier molecular flexibility index (Phi) is 3.51. The summed E-state index contributed by atoms with van der Waals surface area (Å²) in [5.74, 6) is -0.214. The van der Waals surface area contributed by atoms with Gasteiger partial charge in [-0.2, -0.15) is 0 Å². The fraction of sp³-hybridized carbons (Fsp3) is 0.364. The Bertz CT molecular complexity index is 524. The lowest BCUT2D eigenvalue weighted by molar-refractivity contribution is 0.373. The molecular formula is C11H13ClFN3S. The summed E-state index contributed by atoms with van der Waals surface area (Å²) in [5.41, 5.74) is 6.56. The number of nitrogens with zero attached hydrogens (tertiary/aromatic N) is 1. The Hall–Kier alpha value is -0.910. The van der Waals surface area contributed by atoms with Gasteiger partial charge in [0.15, 0.2) is 5.13 Å². The van der Waals surface area contributed by atoms with Crippen molar-refractivity contribution in [2.75, 3.05) is 5.32 Å². The van der Waals surface area contributed by atoms with Gasteiger partial charge in [-0.1, -0.05) is 11.3 Å². The van der Waals surface area contributed by atoms with Crippen LogP contribution in [-0.2, 0) is 0 Å². The number of nitrogens with two attached hydrogens (primary N) is 1. The maximum absolute atomic E-state index is 13.0. The minimum atomic E-state index is -0.214. The van der Waals surface area contributed by atoms with Gasteiger partial charge in [-0.15, -0.1) is 12.4 Å². The van der Waals surface area contributed by atoms with Crippen LogP contribution < -0.4 is 11.1 Å². The van der Waals surface area contributed by atoms with Crippen molar-refractivity contribution in [3.63, 3.8) is 0 Å². The highest BCUT2D eigenvalue weighted by atomic mass is 35.5. The average Bonchev–Trinajstić information content (AvgIpc) is 2.57. The molecule has 3 nitrogen and oxygen atoms in total. The molecule has 0 saturated heterocycles. The number of halogens is 2. The molecule has 1 aliphatic rings. The number of nitrogens with one attached hydrogen (secondary N) is 1. The molecular weight excluding hydrogens is 261 g/mol. The Morgan fingerprint density at radius 1 is 1.41 bits per heavy atom. The van der Waals surface area contributed by atoms with Gasteiger partial charge in [0.25, 0.3) is 0 Å². The van der Waals surface area contributed by atoms with E-state index in [9.17, 15) is 4.39 Å². The van der Waals surface area contributed by atoms with Crippen molar-refractivity contribution in [1.29, 1.82) is 0 Å². The Morgan fingerprint density at radius 3 is 2.88 bits per heavy atom. The highest BCUT2D eigenvalue weighted by Crippen LogP contribution is 2.29. The second-order valence-corrected chi connectivity index (χ2v) is 5.23. The lowest BCUT2D eigenvalue weighted by Crippen LogP contribution is -2.44. The van der Waals surface area contributed by atoms with Crippen LogP contribution in [0.3, 0.4) is 0 Å². The first kappa shape index (κ1) is 12.5. The van der Waals surface area contributed by atoms with Crippen molar-refractivity contribution >= 4 is 39.1 Å². The summed E-state index contributed by atoms with van der Waals surface area (Å²) in [4.78, 5) is 4.40. The SMILES string of the molecule is Cl.N[C@H]1C[C@H](Nc2nc3ccc(F)cc3s2)C1. The summed E-state index contributed by atoms with van der Waals surface area (Å²) in [6.45, 7) is 0. The van der Waals surface area contributed by atoms with Crippen LogP contribution in [-0.4, -0.2) is 17.1 Å². The molecule has 0 spiro atoms. The smallest absolute Gasteiger partial charge is 0.184 e.